The SMILES string of the molecule is CC(C)[C@H](N)C(=O)Nc1nnc(C(F)(F)F)s1.Cl. The number of aromatic nitrogens is 2. The Labute approximate surface area is 111 Å². The second-order valence-corrected chi connectivity index (χ2v) is 4.65. The molecule has 0 bridgehead atoms. The molecule has 18 heavy (non-hydrogen) atoms. The zero-order valence-electron chi connectivity index (χ0n) is 9.49. The zero-order valence-corrected chi connectivity index (χ0v) is 11.1. The Bertz CT molecular complexity index is 409. The molecular formula is C8H12ClF3N4OS. The van der Waals surface area contributed by atoms with Crippen LogP contribution >= 0.6 is 23.7 Å². The summed E-state index contributed by atoms with van der Waals surface area (Å²) in [5.74, 6) is -0.699. The molecule has 1 aromatic rings. The van der Waals surface area contributed by atoms with E-state index in [2.05, 4.69) is 15.5 Å². The van der Waals surface area contributed by atoms with Crippen LogP contribution in [-0.2, 0) is 11.0 Å². The summed E-state index contributed by atoms with van der Waals surface area (Å²) in [7, 11) is 0. The van der Waals surface area contributed by atoms with Gasteiger partial charge in [0.05, 0.1) is 6.04 Å². The van der Waals surface area contributed by atoms with Crippen LogP contribution < -0.4 is 11.1 Å². The van der Waals surface area contributed by atoms with Crippen LogP contribution in [0.15, 0.2) is 0 Å². The summed E-state index contributed by atoms with van der Waals surface area (Å²) in [5.41, 5.74) is 5.52. The molecule has 0 saturated carbocycles. The largest absolute Gasteiger partial charge is 0.445 e. The maximum atomic E-state index is 12.2. The fourth-order valence-electron chi connectivity index (χ4n) is 0.880. The molecular weight excluding hydrogens is 293 g/mol. The molecule has 0 aliphatic heterocycles. The fourth-order valence-corrected chi connectivity index (χ4v) is 1.49. The summed E-state index contributed by atoms with van der Waals surface area (Å²) >= 11 is 0.263. The number of halogens is 4. The summed E-state index contributed by atoms with van der Waals surface area (Å²) < 4.78 is 36.6. The quantitative estimate of drug-likeness (QED) is 0.893. The predicted octanol–water partition coefficient (Wildman–Crippen LogP) is 1.90. The molecule has 1 heterocycles. The van der Waals surface area contributed by atoms with Gasteiger partial charge in [0.15, 0.2) is 0 Å². The molecule has 0 aliphatic rings. The number of nitrogens with zero attached hydrogens (tertiary/aromatic N) is 2. The Morgan fingerprint density at radius 1 is 1.39 bits per heavy atom. The average molecular weight is 305 g/mol. The normalized spacial score (nSPS) is 13.1. The molecule has 0 aliphatic carbocycles. The van der Waals surface area contributed by atoms with Gasteiger partial charge in [-0.15, -0.1) is 22.6 Å². The van der Waals surface area contributed by atoms with Gasteiger partial charge in [-0.05, 0) is 5.92 Å². The summed E-state index contributed by atoms with van der Waals surface area (Å²) in [6.07, 6.45) is -4.55. The van der Waals surface area contributed by atoms with E-state index in [0.717, 1.165) is 0 Å². The van der Waals surface area contributed by atoms with Crippen molar-refractivity contribution in [2.45, 2.75) is 26.1 Å². The first kappa shape index (κ1) is 17.1. The Morgan fingerprint density at radius 2 is 1.94 bits per heavy atom. The second-order valence-electron chi connectivity index (χ2n) is 3.67. The number of nitrogens with two attached hydrogens (primary N) is 1. The van der Waals surface area contributed by atoms with Crippen molar-refractivity contribution < 1.29 is 18.0 Å². The molecule has 104 valence electrons. The number of anilines is 1. The highest BCUT2D eigenvalue weighted by Crippen LogP contribution is 2.32. The number of rotatable bonds is 3. The molecule has 0 unspecified atom stereocenters. The van der Waals surface area contributed by atoms with E-state index in [1.165, 1.54) is 0 Å². The van der Waals surface area contributed by atoms with Gasteiger partial charge >= 0.3 is 6.18 Å². The summed E-state index contributed by atoms with van der Waals surface area (Å²) in [6, 6.07) is -0.798. The van der Waals surface area contributed by atoms with E-state index in [1.807, 2.05) is 0 Å². The third-order valence-corrected chi connectivity index (χ3v) is 2.80. The predicted molar refractivity (Wildman–Crippen MR) is 63.6 cm³/mol. The summed E-state index contributed by atoms with van der Waals surface area (Å²) in [5, 5.41) is 7.04. The van der Waals surface area contributed by atoms with E-state index in [1.54, 1.807) is 13.8 Å². The number of carbonyl (C=O) groups excluding carboxylic acids is 1. The molecule has 5 nitrogen and oxygen atoms in total. The smallest absolute Gasteiger partial charge is 0.320 e. The fraction of sp³-hybridized carbons (Fsp3) is 0.625. The molecule has 1 atom stereocenters. The molecule has 0 fully saturated rings. The van der Waals surface area contributed by atoms with Gasteiger partial charge in [0.1, 0.15) is 0 Å². The average Bonchev–Trinajstić information content (AvgIpc) is 2.64. The van der Waals surface area contributed by atoms with Gasteiger partial charge in [-0.3, -0.25) is 10.1 Å². The molecule has 10 heteroatoms. The number of nitrogens with one attached hydrogen (secondary N) is 1. The molecule has 0 radical (unpaired) electrons. The summed E-state index contributed by atoms with van der Waals surface area (Å²) in [6.45, 7) is 3.46. The maximum absolute atomic E-state index is 12.2. The van der Waals surface area contributed by atoms with Gasteiger partial charge in [-0.1, -0.05) is 25.2 Å². The minimum absolute atomic E-state index is 0. The van der Waals surface area contributed by atoms with E-state index in [4.69, 9.17) is 5.73 Å². The lowest BCUT2D eigenvalue weighted by atomic mass is 10.1. The zero-order chi connectivity index (χ0) is 13.2. The lowest BCUT2D eigenvalue weighted by Crippen LogP contribution is -2.39. The lowest BCUT2D eigenvalue weighted by molar-refractivity contribution is -0.138. The molecule has 1 amide bonds. The highest BCUT2D eigenvalue weighted by molar-refractivity contribution is 7.15. The second kappa shape index (κ2) is 6.30. The van der Waals surface area contributed by atoms with Crippen LogP contribution in [0.1, 0.15) is 18.9 Å². The highest BCUT2D eigenvalue weighted by Gasteiger charge is 2.36. The molecule has 1 rings (SSSR count). The first-order chi connectivity index (χ1) is 7.71. The van der Waals surface area contributed by atoms with E-state index in [9.17, 15) is 18.0 Å². The van der Waals surface area contributed by atoms with Crippen LogP contribution in [-0.4, -0.2) is 22.1 Å². The van der Waals surface area contributed by atoms with Crippen molar-refractivity contribution in [3.05, 3.63) is 5.01 Å². The lowest BCUT2D eigenvalue weighted by Gasteiger charge is -2.13. The molecule has 0 aromatic carbocycles. The molecule has 0 saturated heterocycles. The van der Waals surface area contributed by atoms with Crippen molar-refractivity contribution in [1.82, 2.24) is 10.2 Å². The topological polar surface area (TPSA) is 80.9 Å². The molecule has 3 N–H and O–H groups in total. The van der Waals surface area contributed by atoms with Crippen molar-refractivity contribution in [2.75, 3.05) is 5.32 Å². The maximum Gasteiger partial charge on any atom is 0.445 e. The van der Waals surface area contributed by atoms with Crippen LogP contribution in [0.5, 0.6) is 0 Å². The monoisotopic (exact) mass is 304 g/mol. The van der Waals surface area contributed by atoms with Gasteiger partial charge in [-0.25, -0.2) is 0 Å². The number of amides is 1. The Hall–Kier alpha value is -0.930. The van der Waals surface area contributed by atoms with Crippen molar-refractivity contribution in [3.63, 3.8) is 0 Å². The van der Waals surface area contributed by atoms with Crippen LogP contribution in [0.2, 0.25) is 0 Å². The van der Waals surface area contributed by atoms with Gasteiger partial charge in [-0.2, -0.15) is 13.2 Å². The third-order valence-electron chi connectivity index (χ3n) is 1.92. The van der Waals surface area contributed by atoms with Crippen LogP contribution in [0.4, 0.5) is 18.3 Å². The molecule has 1 aromatic heterocycles. The number of carbonyl (C=O) groups is 1. The van der Waals surface area contributed by atoms with Crippen LogP contribution in [0, 0.1) is 5.92 Å². The van der Waals surface area contributed by atoms with Crippen LogP contribution in [0.25, 0.3) is 0 Å². The number of alkyl halides is 3. The first-order valence-corrected chi connectivity index (χ1v) is 5.50. The van der Waals surface area contributed by atoms with Crippen molar-refractivity contribution in [2.24, 2.45) is 11.7 Å². The van der Waals surface area contributed by atoms with Crippen molar-refractivity contribution >= 4 is 34.8 Å². The van der Waals surface area contributed by atoms with Gasteiger partial charge < -0.3 is 5.73 Å². The Kier molecular flexibility index (Phi) is 5.97. The minimum Gasteiger partial charge on any atom is -0.320 e. The number of hydrogen-bond donors (Lipinski definition) is 2. The van der Waals surface area contributed by atoms with Crippen LogP contribution in [0.3, 0.4) is 0 Å². The van der Waals surface area contributed by atoms with E-state index >= 15 is 0 Å². The van der Waals surface area contributed by atoms with Gasteiger partial charge in [0.2, 0.25) is 16.0 Å². The summed E-state index contributed by atoms with van der Waals surface area (Å²) in [4.78, 5) is 11.4. The Morgan fingerprint density at radius 3 is 2.33 bits per heavy atom. The van der Waals surface area contributed by atoms with Crippen molar-refractivity contribution in [3.8, 4) is 0 Å². The standard InChI is InChI=1S/C8H11F3N4OS.ClH/c1-3(2)4(12)5(16)13-7-15-14-6(17-7)8(9,10)11;/h3-4H,12H2,1-2H3,(H,13,15,16);1H/t4-;/m0./s1. The van der Waals surface area contributed by atoms with E-state index in [0.29, 0.717) is 0 Å². The Balaban J connectivity index is 0.00000289. The minimum atomic E-state index is -4.55. The molecule has 0 spiro atoms. The third kappa shape index (κ3) is 4.39. The van der Waals surface area contributed by atoms with E-state index in [-0.39, 0.29) is 34.8 Å². The van der Waals surface area contributed by atoms with E-state index < -0.39 is 23.1 Å². The van der Waals surface area contributed by atoms with Crippen molar-refractivity contribution in [1.29, 1.82) is 0 Å². The van der Waals surface area contributed by atoms with Gasteiger partial charge in [0.25, 0.3) is 0 Å². The van der Waals surface area contributed by atoms with Gasteiger partial charge in [0, 0.05) is 0 Å². The number of hydrogen-bond acceptors (Lipinski definition) is 5. The highest BCUT2D eigenvalue weighted by atomic mass is 35.5. The first-order valence-electron chi connectivity index (χ1n) is 4.69.